The van der Waals surface area contributed by atoms with Crippen molar-refractivity contribution in [2.75, 3.05) is 20.5 Å². The molecule has 0 saturated carbocycles. The zero-order valence-corrected chi connectivity index (χ0v) is 13.4. The summed E-state index contributed by atoms with van der Waals surface area (Å²) in [4.78, 5) is 0.327. The first kappa shape index (κ1) is 17.1. The SMILES string of the molecule is COC(OC)C(C)NC(C)c1ccc(S(C)(=O)=O)cc1. The summed E-state index contributed by atoms with van der Waals surface area (Å²) in [5.41, 5.74) is 1.01. The number of sulfone groups is 1. The minimum absolute atomic E-state index is 0.00887. The largest absolute Gasteiger partial charge is 0.354 e. The summed E-state index contributed by atoms with van der Waals surface area (Å²) in [7, 11) is 0.0402. The van der Waals surface area contributed by atoms with E-state index >= 15 is 0 Å². The highest BCUT2D eigenvalue weighted by molar-refractivity contribution is 7.90. The zero-order chi connectivity index (χ0) is 15.3. The third kappa shape index (κ3) is 4.56. The van der Waals surface area contributed by atoms with Crippen LogP contribution in [0.25, 0.3) is 0 Å². The second-order valence-electron chi connectivity index (χ2n) is 4.86. The molecule has 0 radical (unpaired) electrons. The Labute approximate surface area is 121 Å². The maximum absolute atomic E-state index is 11.4. The van der Waals surface area contributed by atoms with Gasteiger partial charge < -0.3 is 14.8 Å². The summed E-state index contributed by atoms with van der Waals surface area (Å²) in [6.07, 6.45) is 0.876. The van der Waals surface area contributed by atoms with Crippen LogP contribution in [0.4, 0.5) is 0 Å². The van der Waals surface area contributed by atoms with E-state index in [1.807, 2.05) is 26.0 Å². The molecule has 2 unspecified atom stereocenters. The lowest BCUT2D eigenvalue weighted by Gasteiger charge is -2.26. The van der Waals surface area contributed by atoms with Crippen molar-refractivity contribution < 1.29 is 17.9 Å². The second-order valence-corrected chi connectivity index (χ2v) is 6.87. The second kappa shape index (κ2) is 7.17. The van der Waals surface area contributed by atoms with E-state index in [1.54, 1.807) is 26.4 Å². The van der Waals surface area contributed by atoms with Crippen molar-refractivity contribution >= 4 is 9.84 Å². The fourth-order valence-corrected chi connectivity index (χ4v) is 2.71. The Morgan fingerprint density at radius 2 is 1.55 bits per heavy atom. The number of hydrogen-bond acceptors (Lipinski definition) is 5. The van der Waals surface area contributed by atoms with Crippen LogP contribution in [0.5, 0.6) is 0 Å². The fourth-order valence-electron chi connectivity index (χ4n) is 2.08. The van der Waals surface area contributed by atoms with Gasteiger partial charge in [-0.25, -0.2) is 8.42 Å². The van der Waals surface area contributed by atoms with E-state index in [4.69, 9.17) is 9.47 Å². The minimum atomic E-state index is -3.15. The molecule has 0 spiro atoms. The predicted molar refractivity (Wildman–Crippen MR) is 78.4 cm³/mol. The number of benzene rings is 1. The van der Waals surface area contributed by atoms with Crippen molar-refractivity contribution in [3.63, 3.8) is 0 Å². The van der Waals surface area contributed by atoms with Crippen LogP contribution >= 0.6 is 0 Å². The average molecular weight is 301 g/mol. The summed E-state index contributed by atoms with van der Waals surface area (Å²) in [6.45, 7) is 3.98. The quantitative estimate of drug-likeness (QED) is 0.777. The summed E-state index contributed by atoms with van der Waals surface area (Å²) in [5, 5.41) is 3.36. The van der Waals surface area contributed by atoms with Gasteiger partial charge in [-0.05, 0) is 31.5 Å². The van der Waals surface area contributed by atoms with Gasteiger partial charge in [0.25, 0.3) is 0 Å². The van der Waals surface area contributed by atoms with Crippen molar-refractivity contribution in [1.82, 2.24) is 5.32 Å². The van der Waals surface area contributed by atoms with Gasteiger partial charge in [-0.3, -0.25) is 0 Å². The van der Waals surface area contributed by atoms with Crippen LogP contribution in [0.2, 0.25) is 0 Å². The highest BCUT2D eigenvalue weighted by Crippen LogP contribution is 2.17. The Balaban J connectivity index is 2.75. The van der Waals surface area contributed by atoms with E-state index in [1.165, 1.54) is 6.26 Å². The molecule has 1 N–H and O–H groups in total. The van der Waals surface area contributed by atoms with Gasteiger partial charge in [0, 0.05) is 26.5 Å². The topological polar surface area (TPSA) is 64.6 Å². The van der Waals surface area contributed by atoms with E-state index in [-0.39, 0.29) is 18.4 Å². The average Bonchev–Trinajstić information content (AvgIpc) is 2.39. The van der Waals surface area contributed by atoms with E-state index < -0.39 is 9.84 Å². The molecule has 1 aromatic carbocycles. The molecule has 1 rings (SSSR count). The van der Waals surface area contributed by atoms with Gasteiger partial charge in [0.15, 0.2) is 16.1 Å². The van der Waals surface area contributed by atoms with Crippen LogP contribution in [-0.2, 0) is 19.3 Å². The molecule has 1 aromatic rings. The summed E-state index contributed by atoms with van der Waals surface area (Å²) < 4.78 is 33.2. The fraction of sp³-hybridized carbons (Fsp3) is 0.571. The molecular formula is C14H23NO4S. The van der Waals surface area contributed by atoms with Gasteiger partial charge >= 0.3 is 0 Å². The molecule has 0 heterocycles. The maximum atomic E-state index is 11.4. The third-order valence-corrected chi connectivity index (χ3v) is 4.32. The normalized spacial score (nSPS) is 15.3. The summed E-state index contributed by atoms with van der Waals surface area (Å²) in [5.74, 6) is 0. The van der Waals surface area contributed by atoms with Gasteiger partial charge in [0.2, 0.25) is 0 Å². The third-order valence-electron chi connectivity index (χ3n) is 3.19. The molecule has 0 saturated heterocycles. The highest BCUT2D eigenvalue weighted by atomic mass is 32.2. The molecule has 0 amide bonds. The molecule has 5 nitrogen and oxygen atoms in total. The molecule has 114 valence electrons. The summed E-state index contributed by atoms with van der Waals surface area (Å²) in [6, 6.07) is 6.95. The maximum Gasteiger partial charge on any atom is 0.175 e. The smallest absolute Gasteiger partial charge is 0.175 e. The van der Waals surface area contributed by atoms with Crippen LogP contribution in [0.15, 0.2) is 29.2 Å². The molecule has 0 aliphatic rings. The van der Waals surface area contributed by atoms with Crippen molar-refractivity contribution in [3.8, 4) is 0 Å². The monoisotopic (exact) mass is 301 g/mol. The van der Waals surface area contributed by atoms with Crippen LogP contribution in [0, 0.1) is 0 Å². The van der Waals surface area contributed by atoms with Crippen LogP contribution < -0.4 is 5.32 Å². The molecule has 6 heteroatoms. The van der Waals surface area contributed by atoms with E-state index in [0.717, 1.165) is 5.56 Å². The molecule has 0 aromatic heterocycles. The van der Waals surface area contributed by atoms with E-state index in [9.17, 15) is 8.42 Å². The number of hydrogen-bond donors (Lipinski definition) is 1. The van der Waals surface area contributed by atoms with Crippen molar-refractivity contribution in [3.05, 3.63) is 29.8 Å². The van der Waals surface area contributed by atoms with Gasteiger partial charge in [-0.1, -0.05) is 12.1 Å². The number of methoxy groups -OCH3 is 2. The van der Waals surface area contributed by atoms with Gasteiger partial charge in [0.05, 0.1) is 10.9 Å². The first-order valence-electron chi connectivity index (χ1n) is 6.41. The Morgan fingerprint density at radius 3 is 1.95 bits per heavy atom. The first-order chi connectivity index (χ1) is 9.29. The van der Waals surface area contributed by atoms with Crippen molar-refractivity contribution in [1.29, 1.82) is 0 Å². The Hall–Kier alpha value is -0.950. The standard InChI is InChI=1S/C14H23NO4S/c1-10(15-11(2)14(18-3)19-4)12-6-8-13(9-7-12)20(5,16)17/h6-11,14-15H,1-5H3. The molecule has 0 aliphatic heterocycles. The lowest BCUT2D eigenvalue weighted by molar-refractivity contribution is -0.120. The molecule has 2 atom stereocenters. The zero-order valence-electron chi connectivity index (χ0n) is 12.6. The Bertz CT molecular complexity index is 508. The van der Waals surface area contributed by atoms with Crippen LogP contribution in [-0.4, -0.2) is 41.2 Å². The van der Waals surface area contributed by atoms with Crippen LogP contribution in [0.3, 0.4) is 0 Å². The predicted octanol–water partition coefficient (Wildman–Crippen LogP) is 1.75. The van der Waals surface area contributed by atoms with Gasteiger partial charge in [-0.15, -0.1) is 0 Å². The lowest BCUT2D eigenvalue weighted by atomic mass is 10.1. The first-order valence-corrected chi connectivity index (χ1v) is 8.30. The molecule has 20 heavy (non-hydrogen) atoms. The van der Waals surface area contributed by atoms with Crippen molar-refractivity contribution in [2.45, 2.75) is 37.1 Å². The highest BCUT2D eigenvalue weighted by Gasteiger charge is 2.18. The van der Waals surface area contributed by atoms with E-state index in [0.29, 0.717) is 4.90 Å². The Kier molecular flexibility index (Phi) is 6.13. The number of rotatable bonds is 7. The summed E-state index contributed by atoms with van der Waals surface area (Å²) >= 11 is 0. The molecule has 0 aliphatic carbocycles. The minimum Gasteiger partial charge on any atom is -0.354 e. The van der Waals surface area contributed by atoms with E-state index in [2.05, 4.69) is 5.32 Å². The number of nitrogens with one attached hydrogen (secondary N) is 1. The number of ether oxygens (including phenoxy) is 2. The molecule has 0 bridgehead atoms. The molecule has 0 fully saturated rings. The van der Waals surface area contributed by atoms with Crippen molar-refractivity contribution in [2.24, 2.45) is 0 Å². The molecular weight excluding hydrogens is 278 g/mol. The van der Waals surface area contributed by atoms with Crippen LogP contribution in [0.1, 0.15) is 25.5 Å². The lowest BCUT2D eigenvalue weighted by Crippen LogP contribution is -2.40. The van der Waals surface area contributed by atoms with Gasteiger partial charge in [-0.2, -0.15) is 0 Å². The van der Waals surface area contributed by atoms with Gasteiger partial charge in [0.1, 0.15) is 0 Å². The Morgan fingerprint density at radius 1 is 1.05 bits per heavy atom.